The van der Waals surface area contributed by atoms with Gasteiger partial charge in [0.25, 0.3) is 5.91 Å². The smallest absolute Gasteiger partial charge is 0.268 e. The monoisotopic (exact) mass is 322 g/mol. The molecule has 3 heterocycles. The van der Waals surface area contributed by atoms with Crippen molar-refractivity contribution in [2.24, 2.45) is 0 Å². The Balaban J connectivity index is 1.86. The fourth-order valence-electron chi connectivity index (χ4n) is 2.38. The minimum absolute atomic E-state index is 0.0476. The van der Waals surface area contributed by atoms with Gasteiger partial charge in [-0.3, -0.25) is 9.78 Å². The number of carbonyl (C=O) groups excluding carboxylic acids is 1. The summed E-state index contributed by atoms with van der Waals surface area (Å²) in [6.45, 7) is 1.33. The number of thiophene rings is 1. The van der Waals surface area contributed by atoms with Crippen LogP contribution in [-0.2, 0) is 4.74 Å². The summed E-state index contributed by atoms with van der Waals surface area (Å²) in [5.41, 5.74) is 0.829. The number of hydrogen-bond donors (Lipinski definition) is 0. The van der Waals surface area contributed by atoms with E-state index in [1.165, 1.54) is 11.3 Å². The van der Waals surface area contributed by atoms with Crippen molar-refractivity contribution in [2.45, 2.75) is 18.9 Å². The third-order valence-electron chi connectivity index (χ3n) is 3.41. The molecule has 2 aromatic heterocycles. The second kappa shape index (κ2) is 6.56. The molecular formula is C15H15ClN2O2S. The molecule has 110 valence electrons. The first-order chi connectivity index (χ1) is 10.2. The fourth-order valence-corrected chi connectivity index (χ4v) is 3.38. The number of hydrogen-bond acceptors (Lipinski definition) is 4. The molecule has 0 bridgehead atoms. The topological polar surface area (TPSA) is 42.4 Å². The van der Waals surface area contributed by atoms with Gasteiger partial charge in [0.2, 0.25) is 0 Å². The molecule has 3 rings (SSSR count). The van der Waals surface area contributed by atoms with Crippen LogP contribution in [0.5, 0.6) is 0 Å². The van der Waals surface area contributed by atoms with Gasteiger partial charge in [0.15, 0.2) is 0 Å². The maximum absolute atomic E-state index is 12.7. The third kappa shape index (κ3) is 3.43. The molecule has 0 N–H and O–H groups in total. The van der Waals surface area contributed by atoms with Gasteiger partial charge in [-0.05, 0) is 37.1 Å². The highest BCUT2D eigenvalue weighted by molar-refractivity contribution is 7.18. The van der Waals surface area contributed by atoms with Crippen LogP contribution in [0.2, 0.25) is 4.34 Å². The van der Waals surface area contributed by atoms with E-state index in [2.05, 4.69) is 4.98 Å². The van der Waals surface area contributed by atoms with Crippen molar-refractivity contribution < 1.29 is 9.53 Å². The molecule has 1 fully saturated rings. The lowest BCUT2D eigenvalue weighted by Crippen LogP contribution is -2.37. The number of anilines is 1. The molecule has 21 heavy (non-hydrogen) atoms. The van der Waals surface area contributed by atoms with Gasteiger partial charge in [-0.1, -0.05) is 11.6 Å². The summed E-state index contributed by atoms with van der Waals surface area (Å²) in [5.74, 6) is -0.0476. The van der Waals surface area contributed by atoms with Crippen LogP contribution in [0.4, 0.5) is 5.69 Å². The van der Waals surface area contributed by atoms with E-state index in [1.54, 1.807) is 29.4 Å². The van der Waals surface area contributed by atoms with E-state index < -0.39 is 0 Å². The molecule has 0 radical (unpaired) electrons. The first-order valence-electron chi connectivity index (χ1n) is 6.83. The summed E-state index contributed by atoms with van der Waals surface area (Å²) in [4.78, 5) is 19.1. The van der Waals surface area contributed by atoms with Crippen molar-refractivity contribution in [3.8, 4) is 0 Å². The second-order valence-corrected chi connectivity index (χ2v) is 6.58. The number of nitrogens with zero attached hydrogens (tertiary/aromatic N) is 2. The molecule has 0 saturated carbocycles. The van der Waals surface area contributed by atoms with Gasteiger partial charge in [-0.15, -0.1) is 11.3 Å². The summed E-state index contributed by atoms with van der Waals surface area (Å²) in [5, 5.41) is 0. The molecule has 4 nitrogen and oxygen atoms in total. The summed E-state index contributed by atoms with van der Waals surface area (Å²) in [6.07, 6.45) is 5.50. The Bertz CT molecular complexity index is 611. The van der Waals surface area contributed by atoms with E-state index >= 15 is 0 Å². The maximum atomic E-state index is 12.7. The summed E-state index contributed by atoms with van der Waals surface area (Å²) in [7, 11) is 0. The van der Waals surface area contributed by atoms with Crippen molar-refractivity contribution in [1.29, 1.82) is 0 Å². The summed E-state index contributed by atoms with van der Waals surface area (Å²) in [6, 6.07) is 7.18. The molecule has 1 unspecified atom stereocenters. The molecule has 0 spiro atoms. The van der Waals surface area contributed by atoms with Crippen LogP contribution in [0.1, 0.15) is 22.5 Å². The molecule has 1 aliphatic heterocycles. The Labute approximate surface area is 132 Å². The Kier molecular flexibility index (Phi) is 4.53. The van der Waals surface area contributed by atoms with Gasteiger partial charge in [-0.25, -0.2) is 0 Å². The van der Waals surface area contributed by atoms with Crippen molar-refractivity contribution in [2.75, 3.05) is 18.1 Å². The highest BCUT2D eigenvalue weighted by atomic mass is 35.5. The predicted octanol–water partition coefficient (Wildman–Crippen LogP) is 3.62. The third-order valence-corrected chi connectivity index (χ3v) is 4.63. The Morgan fingerprint density at radius 2 is 2.19 bits per heavy atom. The van der Waals surface area contributed by atoms with Crippen LogP contribution in [0.3, 0.4) is 0 Å². The molecule has 1 amide bonds. The van der Waals surface area contributed by atoms with Gasteiger partial charge in [0.1, 0.15) is 0 Å². The first kappa shape index (κ1) is 14.5. The van der Waals surface area contributed by atoms with Crippen molar-refractivity contribution in [1.82, 2.24) is 4.98 Å². The van der Waals surface area contributed by atoms with Crippen molar-refractivity contribution in [3.05, 3.63) is 45.9 Å². The number of ether oxygens (including phenoxy) is 1. The van der Waals surface area contributed by atoms with E-state index in [-0.39, 0.29) is 12.0 Å². The summed E-state index contributed by atoms with van der Waals surface area (Å²) >= 11 is 7.23. The standard InChI is InChI=1S/C15H15ClN2O2S/c16-14-4-3-13(21-14)15(19)18(10-12-2-1-9-20-12)11-5-7-17-8-6-11/h3-8,12H,1-2,9-10H2. The molecule has 0 aromatic carbocycles. The van der Waals surface area contributed by atoms with E-state index in [9.17, 15) is 4.79 Å². The molecule has 1 atom stereocenters. The molecule has 1 aliphatic rings. The zero-order valence-electron chi connectivity index (χ0n) is 11.4. The summed E-state index contributed by atoms with van der Waals surface area (Å²) < 4.78 is 6.28. The largest absolute Gasteiger partial charge is 0.376 e. The Morgan fingerprint density at radius 3 is 2.81 bits per heavy atom. The number of pyridine rings is 1. The van der Waals surface area contributed by atoms with Gasteiger partial charge < -0.3 is 9.64 Å². The number of aromatic nitrogens is 1. The number of amides is 1. The lowest BCUT2D eigenvalue weighted by Gasteiger charge is -2.25. The van der Waals surface area contributed by atoms with E-state index in [1.807, 2.05) is 12.1 Å². The van der Waals surface area contributed by atoms with Crippen LogP contribution < -0.4 is 4.90 Å². The minimum atomic E-state index is -0.0476. The lowest BCUT2D eigenvalue weighted by atomic mass is 10.2. The molecule has 6 heteroatoms. The fraction of sp³-hybridized carbons (Fsp3) is 0.333. The molecule has 2 aromatic rings. The van der Waals surface area contributed by atoms with Crippen LogP contribution >= 0.6 is 22.9 Å². The van der Waals surface area contributed by atoms with Gasteiger partial charge in [-0.2, -0.15) is 0 Å². The zero-order valence-corrected chi connectivity index (χ0v) is 12.9. The van der Waals surface area contributed by atoms with E-state index in [0.29, 0.717) is 15.8 Å². The number of carbonyl (C=O) groups is 1. The number of rotatable bonds is 4. The van der Waals surface area contributed by atoms with Gasteiger partial charge in [0.05, 0.1) is 21.9 Å². The molecular weight excluding hydrogens is 308 g/mol. The SMILES string of the molecule is O=C(c1ccc(Cl)s1)N(CC1CCCO1)c1ccncc1. The quantitative estimate of drug-likeness (QED) is 0.863. The average molecular weight is 323 g/mol. The van der Waals surface area contributed by atoms with Crippen LogP contribution in [0.25, 0.3) is 0 Å². The highest BCUT2D eigenvalue weighted by Crippen LogP contribution is 2.26. The van der Waals surface area contributed by atoms with E-state index in [0.717, 1.165) is 25.1 Å². The molecule has 1 saturated heterocycles. The van der Waals surface area contributed by atoms with Crippen molar-refractivity contribution in [3.63, 3.8) is 0 Å². The predicted molar refractivity (Wildman–Crippen MR) is 84.2 cm³/mol. The van der Waals surface area contributed by atoms with Crippen LogP contribution in [0.15, 0.2) is 36.7 Å². The normalized spacial score (nSPS) is 17.9. The van der Waals surface area contributed by atoms with Crippen LogP contribution in [0, 0.1) is 0 Å². The second-order valence-electron chi connectivity index (χ2n) is 4.86. The Hall–Kier alpha value is -1.43. The maximum Gasteiger partial charge on any atom is 0.268 e. The zero-order chi connectivity index (χ0) is 14.7. The average Bonchev–Trinajstić information content (AvgIpc) is 3.16. The highest BCUT2D eigenvalue weighted by Gasteiger charge is 2.25. The van der Waals surface area contributed by atoms with Gasteiger partial charge >= 0.3 is 0 Å². The van der Waals surface area contributed by atoms with E-state index in [4.69, 9.17) is 16.3 Å². The Morgan fingerprint density at radius 1 is 1.38 bits per heavy atom. The number of halogens is 1. The minimum Gasteiger partial charge on any atom is -0.376 e. The van der Waals surface area contributed by atoms with Crippen molar-refractivity contribution >= 4 is 34.5 Å². The lowest BCUT2D eigenvalue weighted by molar-refractivity contribution is 0.0920. The van der Waals surface area contributed by atoms with Crippen LogP contribution in [-0.4, -0.2) is 30.1 Å². The van der Waals surface area contributed by atoms with Gasteiger partial charge in [0, 0.05) is 24.7 Å². The first-order valence-corrected chi connectivity index (χ1v) is 8.02. The molecule has 0 aliphatic carbocycles.